The minimum absolute atomic E-state index is 0.570. The van der Waals surface area contributed by atoms with Crippen LogP contribution in [0.15, 0.2) is 30.5 Å². The molecule has 1 aromatic rings. The normalized spacial score (nSPS) is 9.42. The Hall–Kier alpha value is -1.64. The molecule has 0 spiro atoms. The van der Waals surface area contributed by atoms with Crippen LogP contribution in [0.2, 0.25) is 0 Å². The van der Waals surface area contributed by atoms with Crippen molar-refractivity contribution in [3.8, 4) is 0 Å². The van der Waals surface area contributed by atoms with Crippen LogP contribution < -0.4 is 16.8 Å². The van der Waals surface area contributed by atoms with Crippen molar-refractivity contribution in [2.45, 2.75) is 6.92 Å². The summed E-state index contributed by atoms with van der Waals surface area (Å²) in [6.45, 7) is 5.58. The molecule has 0 saturated heterocycles. The number of nitrogens with one attached hydrogen (secondary N) is 1. The molecule has 0 aromatic heterocycles. The molecule has 0 fully saturated rings. The van der Waals surface area contributed by atoms with Crippen molar-refractivity contribution < 1.29 is 0 Å². The van der Waals surface area contributed by atoms with Crippen molar-refractivity contribution in [1.82, 2.24) is 0 Å². The van der Waals surface area contributed by atoms with Crippen LogP contribution in [0.5, 0.6) is 0 Å². The lowest BCUT2D eigenvalue weighted by atomic mass is 10.2. The molecule has 3 nitrogen and oxygen atoms in total. The van der Waals surface area contributed by atoms with Gasteiger partial charge in [0.2, 0.25) is 0 Å². The van der Waals surface area contributed by atoms with Gasteiger partial charge in [-0.05, 0) is 19.1 Å². The third kappa shape index (κ3) is 1.69. The summed E-state index contributed by atoms with van der Waals surface area (Å²) < 4.78 is 0. The van der Waals surface area contributed by atoms with Gasteiger partial charge in [-0.3, -0.25) is 0 Å². The predicted octanol–water partition coefficient (Wildman–Crippen LogP) is 1.80. The van der Waals surface area contributed by atoms with Gasteiger partial charge >= 0.3 is 0 Å². The molecule has 0 aliphatic rings. The van der Waals surface area contributed by atoms with Gasteiger partial charge < -0.3 is 16.8 Å². The number of nitrogen functional groups attached to an aromatic ring is 2. The Kier molecular flexibility index (Phi) is 2.24. The molecule has 64 valence electrons. The molecule has 0 amide bonds. The number of allylic oxidation sites excluding steroid dienone is 1. The average Bonchev–Trinajstić information content (AvgIpc) is 1.98. The number of rotatable bonds is 2. The monoisotopic (exact) mass is 163 g/mol. The van der Waals surface area contributed by atoms with Crippen LogP contribution in [0, 0.1) is 0 Å². The molecule has 1 aromatic carbocycles. The molecule has 1 rings (SSSR count). The first kappa shape index (κ1) is 8.46. The van der Waals surface area contributed by atoms with E-state index in [4.69, 9.17) is 11.5 Å². The summed E-state index contributed by atoms with van der Waals surface area (Å²) in [7, 11) is 0. The van der Waals surface area contributed by atoms with Crippen LogP contribution in [0.3, 0.4) is 0 Å². The van der Waals surface area contributed by atoms with E-state index in [1.54, 1.807) is 6.07 Å². The van der Waals surface area contributed by atoms with Crippen molar-refractivity contribution in [3.05, 3.63) is 30.5 Å². The molecule has 12 heavy (non-hydrogen) atoms. The van der Waals surface area contributed by atoms with E-state index in [-0.39, 0.29) is 0 Å². The number of hydrogen-bond acceptors (Lipinski definition) is 3. The van der Waals surface area contributed by atoms with Crippen LogP contribution in [-0.4, -0.2) is 0 Å². The highest BCUT2D eigenvalue weighted by Gasteiger charge is 1.99. The van der Waals surface area contributed by atoms with E-state index >= 15 is 0 Å². The summed E-state index contributed by atoms with van der Waals surface area (Å²) in [5.74, 6) is 0. The summed E-state index contributed by atoms with van der Waals surface area (Å²) in [6.07, 6.45) is 0. The minimum atomic E-state index is 0.570. The van der Waals surface area contributed by atoms with Gasteiger partial charge in [0, 0.05) is 5.70 Å². The summed E-state index contributed by atoms with van der Waals surface area (Å²) in [5, 5.41) is 3.01. The van der Waals surface area contributed by atoms with Gasteiger partial charge in [-0.15, -0.1) is 0 Å². The predicted molar refractivity (Wildman–Crippen MR) is 53.7 cm³/mol. The van der Waals surface area contributed by atoms with E-state index in [9.17, 15) is 0 Å². The van der Waals surface area contributed by atoms with Gasteiger partial charge in [-0.2, -0.15) is 0 Å². The lowest BCUT2D eigenvalue weighted by Gasteiger charge is -2.09. The average molecular weight is 163 g/mol. The zero-order chi connectivity index (χ0) is 9.14. The fourth-order valence-corrected chi connectivity index (χ4v) is 0.922. The third-order valence-corrected chi connectivity index (χ3v) is 1.49. The van der Waals surface area contributed by atoms with Crippen molar-refractivity contribution in [2.24, 2.45) is 0 Å². The Bertz CT molecular complexity index is 305. The Morgan fingerprint density at radius 3 is 2.67 bits per heavy atom. The van der Waals surface area contributed by atoms with E-state index in [0.29, 0.717) is 11.4 Å². The number of hydrogen-bond donors (Lipinski definition) is 3. The first-order chi connectivity index (χ1) is 5.61. The van der Waals surface area contributed by atoms with Crippen LogP contribution in [0.1, 0.15) is 6.92 Å². The SMILES string of the molecule is C=C(C)Nc1cccc(N)c1N. The summed E-state index contributed by atoms with van der Waals surface area (Å²) in [6, 6.07) is 5.47. The molecule has 0 atom stereocenters. The lowest BCUT2D eigenvalue weighted by Crippen LogP contribution is -2.01. The van der Waals surface area contributed by atoms with Crippen LogP contribution in [0.25, 0.3) is 0 Å². The van der Waals surface area contributed by atoms with Gasteiger partial charge in [0.05, 0.1) is 17.1 Å². The maximum atomic E-state index is 5.70. The van der Waals surface area contributed by atoms with Crippen LogP contribution in [0.4, 0.5) is 17.1 Å². The molecular weight excluding hydrogens is 150 g/mol. The molecule has 0 unspecified atom stereocenters. The Morgan fingerprint density at radius 1 is 1.42 bits per heavy atom. The Labute approximate surface area is 72.1 Å². The highest BCUT2D eigenvalue weighted by Crippen LogP contribution is 2.24. The third-order valence-electron chi connectivity index (χ3n) is 1.49. The highest BCUT2D eigenvalue weighted by molar-refractivity contribution is 5.79. The van der Waals surface area contributed by atoms with Gasteiger partial charge in [0.1, 0.15) is 0 Å². The van der Waals surface area contributed by atoms with Gasteiger partial charge in [0.15, 0.2) is 0 Å². The zero-order valence-electron chi connectivity index (χ0n) is 7.09. The smallest absolute Gasteiger partial charge is 0.0786 e. The van der Waals surface area contributed by atoms with Crippen molar-refractivity contribution >= 4 is 17.1 Å². The van der Waals surface area contributed by atoms with E-state index < -0.39 is 0 Å². The van der Waals surface area contributed by atoms with E-state index in [1.165, 1.54) is 0 Å². The summed E-state index contributed by atoms with van der Waals surface area (Å²) in [5.41, 5.74) is 14.1. The Morgan fingerprint density at radius 2 is 2.08 bits per heavy atom. The first-order valence-corrected chi connectivity index (χ1v) is 3.67. The van der Waals surface area contributed by atoms with Gasteiger partial charge in [0.25, 0.3) is 0 Å². The van der Waals surface area contributed by atoms with Crippen LogP contribution >= 0.6 is 0 Å². The fraction of sp³-hybridized carbons (Fsp3) is 0.111. The molecule has 5 N–H and O–H groups in total. The summed E-state index contributed by atoms with van der Waals surface area (Å²) >= 11 is 0. The number of anilines is 3. The molecule has 0 aliphatic heterocycles. The molecule has 0 aliphatic carbocycles. The largest absolute Gasteiger partial charge is 0.397 e. The molecule has 0 heterocycles. The quantitative estimate of drug-likeness (QED) is 0.582. The molecular formula is C9H13N3. The number of nitrogens with two attached hydrogens (primary N) is 2. The molecule has 0 saturated carbocycles. The lowest BCUT2D eigenvalue weighted by molar-refractivity contribution is 1.40. The van der Waals surface area contributed by atoms with Crippen molar-refractivity contribution in [1.29, 1.82) is 0 Å². The van der Waals surface area contributed by atoms with Crippen molar-refractivity contribution in [3.63, 3.8) is 0 Å². The van der Waals surface area contributed by atoms with Gasteiger partial charge in [-0.1, -0.05) is 12.6 Å². The maximum absolute atomic E-state index is 5.70. The minimum Gasteiger partial charge on any atom is -0.397 e. The zero-order valence-corrected chi connectivity index (χ0v) is 7.09. The number of para-hydroxylation sites is 1. The second kappa shape index (κ2) is 3.17. The van der Waals surface area contributed by atoms with Crippen molar-refractivity contribution in [2.75, 3.05) is 16.8 Å². The first-order valence-electron chi connectivity index (χ1n) is 3.67. The number of benzene rings is 1. The summed E-state index contributed by atoms with van der Waals surface area (Å²) in [4.78, 5) is 0. The van der Waals surface area contributed by atoms with E-state index in [2.05, 4.69) is 11.9 Å². The standard InChI is InChI=1S/C9H13N3/c1-6(2)12-8-5-3-4-7(10)9(8)11/h3-5,12H,1,10-11H2,2H3. The van der Waals surface area contributed by atoms with Gasteiger partial charge in [-0.25, -0.2) is 0 Å². The fourth-order valence-electron chi connectivity index (χ4n) is 0.922. The second-order valence-electron chi connectivity index (χ2n) is 2.71. The van der Waals surface area contributed by atoms with E-state index in [1.807, 2.05) is 19.1 Å². The van der Waals surface area contributed by atoms with E-state index in [0.717, 1.165) is 11.4 Å². The second-order valence-corrected chi connectivity index (χ2v) is 2.71. The molecule has 0 bridgehead atoms. The molecule has 0 radical (unpaired) electrons. The molecule has 3 heteroatoms. The highest BCUT2D eigenvalue weighted by atomic mass is 14.9. The maximum Gasteiger partial charge on any atom is 0.0786 e. The Balaban J connectivity index is 3.00. The topological polar surface area (TPSA) is 64.1 Å². The van der Waals surface area contributed by atoms with Crippen LogP contribution in [-0.2, 0) is 0 Å².